The van der Waals surface area contributed by atoms with Gasteiger partial charge in [-0.05, 0) is 79.6 Å². The number of carbonyl (C=O) groups is 1. The van der Waals surface area contributed by atoms with E-state index in [4.69, 9.17) is 16.3 Å². The predicted octanol–water partition coefficient (Wildman–Crippen LogP) is 4.80. The number of hydrogen-bond acceptors (Lipinski definition) is 6. The number of thioether (sulfide) groups is 1. The Bertz CT molecular complexity index is 1360. The second kappa shape index (κ2) is 11.4. The molecule has 36 heavy (non-hydrogen) atoms. The molecule has 1 heterocycles. The number of anilines is 1. The molecule has 0 aromatic heterocycles. The molecular weight excluding hydrogens is 518 g/mol. The van der Waals surface area contributed by atoms with Gasteiger partial charge in [0.25, 0.3) is 15.9 Å². The summed E-state index contributed by atoms with van der Waals surface area (Å²) in [5, 5.41) is 4.47. The second-order valence-electron chi connectivity index (χ2n) is 8.40. The first-order valence-corrected chi connectivity index (χ1v) is 14.2. The molecule has 1 N–H and O–H groups in total. The van der Waals surface area contributed by atoms with Gasteiger partial charge in [0.2, 0.25) is 0 Å². The molecule has 1 fully saturated rings. The monoisotopic (exact) mass is 543 g/mol. The molecule has 1 saturated heterocycles. The van der Waals surface area contributed by atoms with Crippen LogP contribution in [0.25, 0.3) is 0 Å². The zero-order valence-corrected chi connectivity index (χ0v) is 22.2. The van der Waals surface area contributed by atoms with E-state index in [9.17, 15) is 13.2 Å². The summed E-state index contributed by atoms with van der Waals surface area (Å²) in [4.78, 5) is 12.8. The van der Waals surface area contributed by atoms with Crippen LogP contribution >= 0.6 is 23.4 Å². The zero-order valence-electron chi connectivity index (χ0n) is 19.8. The van der Waals surface area contributed by atoms with Crippen molar-refractivity contribution in [3.8, 4) is 5.75 Å². The largest absolute Gasteiger partial charge is 0.489 e. The highest BCUT2D eigenvalue weighted by Gasteiger charge is 2.28. The van der Waals surface area contributed by atoms with Crippen molar-refractivity contribution in [2.24, 2.45) is 5.10 Å². The van der Waals surface area contributed by atoms with Crippen molar-refractivity contribution < 1.29 is 17.9 Å². The fraction of sp³-hybridized carbons (Fsp3) is 0.231. The van der Waals surface area contributed by atoms with Gasteiger partial charge in [-0.25, -0.2) is 13.8 Å². The Morgan fingerprint density at radius 2 is 1.81 bits per heavy atom. The van der Waals surface area contributed by atoms with E-state index < -0.39 is 22.5 Å². The number of hydrazone groups is 1. The zero-order chi connectivity index (χ0) is 25.7. The molecule has 0 radical (unpaired) electrons. The summed E-state index contributed by atoms with van der Waals surface area (Å²) in [7, 11) is -4.03. The van der Waals surface area contributed by atoms with Gasteiger partial charge in [0.1, 0.15) is 18.4 Å². The standard InChI is InChI=1S/C26H26ClN3O4S2/c1-18-3-10-24(11-4-18)36(32,33)30(25-12-7-21(27)13-19(25)2)15-26(31)29-28-14-20-5-8-22(9-6-20)34-23-16-35-17-23/h3-14,23H,15-17H2,1-2H3,(H,29,31)/b28-14-. The molecule has 7 nitrogen and oxygen atoms in total. The minimum atomic E-state index is -4.03. The van der Waals surface area contributed by atoms with Gasteiger partial charge in [0.05, 0.1) is 16.8 Å². The first-order chi connectivity index (χ1) is 17.2. The number of ether oxygens (including phenoxy) is 1. The van der Waals surface area contributed by atoms with Gasteiger partial charge in [-0.1, -0.05) is 29.3 Å². The Morgan fingerprint density at radius 1 is 1.11 bits per heavy atom. The van der Waals surface area contributed by atoms with Crippen molar-refractivity contribution in [1.82, 2.24) is 5.43 Å². The summed E-state index contributed by atoms with van der Waals surface area (Å²) < 4.78 is 33.9. The van der Waals surface area contributed by atoms with Crippen LogP contribution in [0.4, 0.5) is 5.69 Å². The minimum Gasteiger partial charge on any atom is -0.489 e. The molecule has 0 aliphatic carbocycles. The fourth-order valence-electron chi connectivity index (χ4n) is 3.49. The van der Waals surface area contributed by atoms with E-state index in [1.54, 1.807) is 37.3 Å². The van der Waals surface area contributed by atoms with E-state index >= 15 is 0 Å². The molecule has 0 atom stereocenters. The first-order valence-electron chi connectivity index (χ1n) is 11.2. The van der Waals surface area contributed by atoms with Crippen molar-refractivity contribution in [3.63, 3.8) is 0 Å². The number of nitrogens with zero attached hydrogens (tertiary/aromatic N) is 2. The molecule has 0 saturated carbocycles. The van der Waals surface area contributed by atoms with Crippen LogP contribution in [-0.4, -0.2) is 44.7 Å². The molecule has 1 aliphatic rings. The third kappa shape index (κ3) is 6.40. The number of hydrogen-bond donors (Lipinski definition) is 1. The number of benzene rings is 3. The highest BCUT2D eigenvalue weighted by molar-refractivity contribution is 8.00. The quantitative estimate of drug-likeness (QED) is 0.309. The topological polar surface area (TPSA) is 88.1 Å². The molecule has 188 valence electrons. The van der Waals surface area contributed by atoms with E-state index in [0.29, 0.717) is 16.3 Å². The predicted molar refractivity (Wildman–Crippen MR) is 146 cm³/mol. The molecule has 10 heteroatoms. The van der Waals surface area contributed by atoms with E-state index in [0.717, 1.165) is 32.7 Å². The number of amides is 1. The third-order valence-corrected chi connectivity index (χ3v) is 8.74. The van der Waals surface area contributed by atoms with Gasteiger partial charge >= 0.3 is 0 Å². The summed E-state index contributed by atoms with van der Waals surface area (Å²) in [6.07, 6.45) is 1.75. The Balaban J connectivity index is 1.48. The number of halogens is 1. The van der Waals surface area contributed by atoms with Crippen molar-refractivity contribution in [2.75, 3.05) is 22.4 Å². The van der Waals surface area contributed by atoms with Crippen LogP contribution < -0.4 is 14.5 Å². The molecule has 3 aromatic rings. The second-order valence-corrected chi connectivity index (χ2v) is 11.8. The normalized spacial score (nSPS) is 13.9. The molecule has 4 rings (SSSR count). The van der Waals surface area contributed by atoms with E-state index in [-0.39, 0.29) is 11.0 Å². The highest BCUT2D eigenvalue weighted by atomic mass is 35.5. The van der Waals surface area contributed by atoms with Crippen LogP contribution in [0.5, 0.6) is 5.75 Å². The number of sulfonamides is 1. The number of nitrogens with one attached hydrogen (secondary N) is 1. The summed E-state index contributed by atoms with van der Waals surface area (Å²) in [5.74, 6) is 2.21. The van der Waals surface area contributed by atoms with Gasteiger partial charge < -0.3 is 4.74 Å². The van der Waals surface area contributed by atoms with Crippen molar-refractivity contribution >= 4 is 51.2 Å². The molecule has 3 aromatic carbocycles. The van der Waals surface area contributed by atoms with Crippen LogP contribution in [0, 0.1) is 13.8 Å². The fourth-order valence-corrected chi connectivity index (χ4v) is 5.76. The van der Waals surface area contributed by atoms with E-state index in [1.165, 1.54) is 18.3 Å². The van der Waals surface area contributed by atoms with Gasteiger partial charge in [-0.15, -0.1) is 0 Å². The lowest BCUT2D eigenvalue weighted by Crippen LogP contribution is -2.40. The molecule has 1 aliphatic heterocycles. The minimum absolute atomic E-state index is 0.0848. The van der Waals surface area contributed by atoms with Crippen molar-refractivity contribution in [3.05, 3.63) is 88.4 Å². The lowest BCUT2D eigenvalue weighted by atomic mass is 10.2. The summed E-state index contributed by atoms with van der Waals surface area (Å²) in [6.45, 7) is 3.16. The summed E-state index contributed by atoms with van der Waals surface area (Å²) >= 11 is 7.92. The van der Waals surface area contributed by atoms with Crippen LogP contribution in [0.2, 0.25) is 5.02 Å². The first kappa shape index (κ1) is 26.1. The van der Waals surface area contributed by atoms with Crippen molar-refractivity contribution in [1.29, 1.82) is 0 Å². The maximum Gasteiger partial charge on any atom is 0.264 e. The lowest BCUT2D eigenvalue weighted by molar-refractivity contribution is -0.119. The van der Waals surface area contributed by atoms with Crippen molar-refractivity contribution in [2.45, 2.75) is 24.8 Å². The smallest absolute Gasteiger partial charge is 0.264 e. The van der Waals surface area contributed by atoms with Gasteiger partial charge in [0, 0.05) is 16.5 Å². The van der Waals surface area contributed by atoms with Crippen LogP contribution in [-0.2, 0) is 14.8 Å². The van der Waals surface area contributed by atoms with Crippen LogP contribution in [0.3, 0.4) is 0 Å². The number of rotatable bonds is 9. The Hall–Kier alpha value is -3.01. The van der Waals surface area contributed by atoms with Gasteiger partial charge in [-0.3, -0.25) is 9.10 Å². The maximum absolute atomic E-state index is 13.5. The van der Waals surface area contributed by atoms with Crippen LogP contribution in [0.1, 0.15) is 16.7 Å². The van der Waals surface area contributed by atoms with Crippen LogP contribution in [0.15, 0.2) is 76.7 Å². The molecular formula is C26H26ClN3O4S2. The van der Waals surface area contributed by atoms with Gasteiger partial charge in [0.15, 0.2) is 0 Å². The molecule has 0 bridgehead atoms. The third-order valence-electron chi connectivity index (χ3n) is 5.52. The molecule has 0 spiro atoms. The number of aryl methyl sites for hydroxylation is 2. The summed E-state index contributed by atoms with van der Waals surface area (Å²) in [6, 6.07) is 18.7. The average molecular weight is 544 g/mol. The Morgan fingerprint density at radius 3 is 2.42 bits per heavy atom. The Labute approximate surface area is 220 Å². The number of carbonyl (C=O) groups excluding carboxylic acids is 1. The highest BCUT2D eigenvalue weighted by Crippen LogP contribution is 2.29. The SMILES string of the molecule is Cc1ccc(S(=O)(=O)N(CC(=O)N/N=C\c2ccc(OC3CSC3)cc2)c2ccc(Cl)cc2C)cc1. The maximum atomic E-state index is 13.5. The molecule has 1 amide bonds. The molecule has 0 unspecified atom stereocenters. The summed E-state index contributed by atoms with van der Waals surface area (Å²) in [5.41, 5.74) is 5.10. The van der Waals surface area contributed by atoms with E-state index in [1.807, 2.05) is 43.0 Å². The average Bonchev–Trinajstić information content (AvgIpc) is 2.81. The van der Waals surface area contributed by atoms with E-state index in [2.05, 4.69) is 10.5 Å². The Kier molecular flexibility index (Phi) is 8.23. The van der Waals surface area contributed by atoms with Gasteiger partial charge in [-0.2, -0.15) is 16.9 Å². The lowest BCUT2D eigenvalue weighted by Gasteiger charge is -2.25.